The number of benzene rings is 1. The van der Waals surface area contributed by atoms with Gasteiger partial charge in [0.05, 0.1) is 4.90 Å². The van der Waals surface area contributed by atoms with Gasteiger partial charge < -0.3 is 0 Å². The molecule has 0 atom stereocenters. The lowest BCUT2D eigenvalue weighted by Gasteiger charge is -2.13. The minimum atomic E-state index is -3.46. The van der Waals surface area contributed by atoms with Gasteiger partial charge in [0.1, 0.15) is 0 Å². The van der Waals surface area contributed by atoms with E-state index in [0.29, 0.717) is 11.4 Å². The van der Waals surface area contributed by atoms with Crippen LogP contribution in [-0.2, 0) is 16.4 Å². The molecular weight excluding hydrogens is 296 g/mol. The van der Waals surface area contributed by atoms with Crippen LogP contribution in [0.15, 0.2) is 41.4 Å². The summed E-state index contributed by atoms with van der Waals surface area (Å²) in [6, 6.07) is 9.55. The zero-order valence-corrected chi connectivity index (χ0v) is 14.1. The molecule has 5 heteroatoms. The second-order valence-corrected chi connectivity index (χ2v) is 7.25. The fraction of sp³-hybridized carbons (Fsp3) is 0.353. The van der Waals surface area contributed by atoms with Gasteiger partial charge in [-0.15, -0.1) is 0 Å². The van der Waals surface area contributed by atoms with Gasteiger partial charge in [0.2, 0.25) is 10.0 Å². The van der Waals surface area contributed by atoms with Crippen molar-refractivity contribution in [1.82, 2.24) is 9.71 Å². The Morgan fingerprint density at radius 2 is 1.77 bits per heavy atom. The highest BCUT2D eigenvalue weighted by Crippen LogP contribution is 2.21. The van der Waals surface area contributed by atoms with Gasteiger partial charge in [-0.3, -0.25) is 4.98 Å². The van der Waals surface area contributed by atoms with Crippen molar-refractivity contribution in [2.24, 2.45) is 0 Å². The number of aryl methyl sites for hydroxylation is 4. The number of sulfonamides is 1. The average molecular weight is 318 g/mol. The first-order chi connectivity index (χ1) is 10.4. The van der Waals surface area contributed by atoms with Crippen molar-refractivity contribution >= 4 is 10.0 Å². The molecule has 1 aromatic heterocycles. The molecule has 2 aromatic rings. The summed E-state index contributed by atoms with van der Waals surface area (Å²) in [7, 11) is -3.46. The van der Waals surface area contributed by atoms with E-state index in [-0.39, 0.29) is 0 Å². The van der Waals surface area contributed by atoms with E-state index in [2.05, 4.69) is 9.71 Å². The summed E-state index contributed by atoms with van der Waals surface area (Å²) in [5.74, 6) is 0. The van der Waals surface area contributed by atoms with Crippen LogP contribution in [0.4, 0.5) is 0 Å². The van der Waals surface area contributed by atoms with Crippen LogP contribution >= 0.6 is 0 Å². The molecule has 0 saturated heterocycles. The van der Waals surface area contributed by atoms with Crippen LogP contribution < -0.4 is 4.72 Å². The van der Waals surface area contributed by atoms with E-state index < -0.39 is 10.0 Å². The van der Waals surface area contributed by atoms with Crippen molar-refractivity contribution in [3.8, 4) is 0 Å². The van der Waals surface area contributed by atoms with E-state index in [0.717, 1.165) is 35.2 Å². The Hall–Kier alpha value is -1.72. The third-order valence-electron chi connectivity index (χ3n) is 3.50. The maximum Gasteiger partial charge on any atom is 0.241 e. The first kappa shape index (κ1) is 16.6. The van der Waals surface area contributed by atoms with Crippen LogP contribution in [0, 0.1) is 20.8 Å². The van der Waals surface area contributed by atoms with E-state index in [9.17, 15) is 8.42 Å². The lowest BCUT2D eigenvalue weighted by molar-refractivity contribution is 0.577. The van der Waals surface area contributed by atoms with Crippen molar-refractivity contribution in [3.63, 3.8) is 0 Å². The van der Waals surface area contributed by atoms with Gasteiger partial charge in [-0.2, -0.15) is 0 Å². The highest BCUT2D eigenvalue weighted by molar-refractivity contribution is 7.89. The van der Waals surface area contributed by atoms with E-state index in [1.807, 2.05) is 51.1 Å². The Kier molecular flexibility index (Phi) is 5.32. The van der Waals surface area contributed by atoms with Crippen LogP contribution in [0.5, 0.6) is 0 Å². The van der Waals surface area contributed by atoms with E-state index in [1.54, 1.807) is 6.20 Å². The first-order valence-electron chi connectivity index (χ1n) is 7.37. The zero-order valence-electron chi connectivity index (χ0n) is 13.3. The summed E-state index contributed by atoms with van der Waals surface area (Å²) in [6.45, 7) is 6.05. The maximum absolute atomic E-state index is 12.5. The third-order valence-corrected chi connectivity index (χ3v) is 5.27. The summed E-state index contributed by atoms with van der Waals surface area (Å²) < 4.78 is 27.6. The molecule has 1 heterocycles. The molecule has 1 aromatic carbocycles. The van der Waals surface area contributed by atoms with Crippen LogP contribution in [-0.4, -0.2) is 19.9 Å². The zero-order chi connectivity index (χ0) is 16.2. The number of nitrogens with one attached hydrogen (secondary N) is 1. The molecule has 1 N–H and O–H groups in total. The standard InChI is InChI=1S/C17H22N2O2S/c1-13-11-14(2)17(15(3)12-13)22(20,21)19-10-6-8-16-7-4-5-9-18-16/h4-5,7,9,11-12,19H,6,8,10H2,1-3H3. The molecule has 0 amide bonds. The SMILES string of the molecule is Cc1cc(C)c(S(=O)(=O)NCCCc2ccccn2)c(C)c1. The Morgan fingerprint density at radius 3 is 2.36 bits per heavy atom. The molecule has 118 valence electrons. The maximum atomic E-state index is 12.5. The minimum absolute atomic E-state index is 0.399. The highest BCUT2D eigenvalue weighted by Gasteiger charge is 2.19. The second-order valence-electron chi connectivity index (χ2n) is 5.55. The molecule has 4 nitrogen and oxygen atoms in total. The van der Waals surface area contributed by atoms with Gasteiger partial charge in [-0.1, -0.05) is 23.8 Å². The Bertz CT molecular complexity index is 718. The van der Waals surface area contributed by atoms with E-state index >= 15 is 0 Å². The summed E-state index contributed by atoms with van der Waals surface area (Å²) in [5, 5.41) is 0. The van der Waals surface area contributed by atoms with Crippen molar-refractivity contribution < 1.29 is 8.42 Å². The fourth-order valence-electron chi connectivity index (χ4n) is 2.68. The predicted octanol–water partition coefficient (Wildman–Crippen LogP) is 2.92. The van der Waals surface area contributed by atoms with Crippen molar-refractivity contribution in [2.75, 3.05) is 6.54 Å². The lowest BCUT2D eigenvalue weighted by atomic mass is 10.1. The second kappa shape index (κ2) is 7.03. The molecule has 0 radical (unpaired) electrons. The van der Waals surface area contributed by atoms with Crippen molar-refractivity contribution in [1.29, 1.82) is 0 Å². The normalized spacial score (nSPS) is 11.6. The van der Waals surface area contributed by atoms with Crippen LogP contribution in [0.1, 0.15) is 28.8 Å². The minimum Gasteiger partial charge on any atom is -0.261 e. The molecule has 22 heavy (non-hydrogen) atoms. The van der Waals surface area contributed by atoms with E-state index in [4.69, 9.17) is 0 Å². The Morgan fingerprint density at radius 1 is 1.09 bits per heavy atom. The van der Waals surface area contributed by atoms with Gasteiger partial charge in [-0.25, -0.2) is 13.1 Å². The number of aromatic nitrogens is 1. The molecule has 0 unspecified atom stereocenters. The number of pyridine rings is 1. The molecule has 2 rings (SSSR count). The van der Waals surface area contributed by atoms with Gasteiger partial charge in [-0.05, 0) is 56.9 Å². The monoisotopic (exact) mass is 318 g/mol. The van der Waals surface area contributed by atoms with Crippen molar-refractivity contribution in [2.45, 2.75) is 38.5 Å². The summed E-state index contributed by atoms with van der Waals surface area (Å²) in [4.78, 5) is 4.63. The lowest BCUT2D eigenvalue weighted by Crippen LogP contribution is -2.26. The summed E-state index contributed by atoms with van der Waals surface area (Å²) in [6.07, 6.45) is 3.23. The molecule has 0 saturated carbocycles. The Balaban J connectivity index is 2.00. The van der Waals surface area contributed by atoms with Crippen LogP contribution in [0.2, 0.25) is 0 Å². The van der Waals surface area contributed by atoms with Crippen molar-refractivity contribution in [3.05, 3.63) is 58.9 Å². The molecule has 0 spiro atoms. The first-order valence-corrected chi connectivity index (χ1v) is 8.86. The van der Waals surface area contributed by atoms with Gasteiger partial charge in [0, 0.05) is 18.4 Å². The largest absolute Gasteiger partial charge is 0.261 e. The summed E-state index contributed by atoms with van der Waals surface area (Å²) in [5.41, 5.74) is 3.62. The smallest absolute Gasteiger partial charge is 0.241 e. The van der Waals surface area contributed by atoms with Crippen LogP contribution in [0.25, 0.3) is 0 Å². The molecule has 0 aliphatic heterocycles. The molecule has 0 bridgehead atoms. The molecular formula is C17H22N2O2S. The highest BCUT2D eigenvalue weighted by atomic mass is 32.2. The van der Waals surface area contributed by atoms with E-state index in [1.165, 1.54) is 0 Å². The topological polar surface area (TPSA) is 59.1 Å². The molecule has 0 fully saturated rings. The van der Waals surface area contributed by atoms with Gasteiger partial charge in [0.25, 0.3) is 0 Å². The number of rotatable bonds is 6. The predicted molar refractivity (Wildman–Crippen MR) is 88.4 cm³/mol. The Labute approximate surface area is 132 Å². The number of nitrogens with zero attached hydrogens (tertiary/aromatic N) is 1. The quantitative estimate of drug-likeness (QED) is 0.833. The fourth-order valence-corrected chi connectivity index (χ4v) is 4.21. The van der Waals surface area contributed by atoms with Gasteiger partial charge in [0.15, 0.2) is 0 Å². The number of hydrogen-bond acceptors (Lipinski definition) is 3. The third kappa shape index (κ3) is 4.15. The molecule has 0 aliphatic carbocycles. The summed E-state index contributed by atoms with van der Waals surface area (Å²) >= 11 is 0. The molecule has 0 aliphatic rings. The average Bonchev–Trinajstić information content (AvgIpc) is 2.43. The van der Waals surface area contributed by atoms with Gasteiger partial charge >= 0.3 is 0 Å². The van der Waals surface area contributed by atoms with Crippen LogP contribution in [0.3, 0.4) is 0 Å². The number of hydrogen-bond donors (Lipinski definition) is 1.